The van der Waals surface area contributed by atoms with Gasteiger partial charge in [-0.2, -0.15) is 0 Å². The van der Waals surface area contributed by atoms with Crippen molar-refractivity contribution in [2.24, 2.45) is 0 Å². The van der Waals surface area contributed by atoms with Crippen molar-refractivity contribution in [3.05, 3.63) is 58.0 Å². The van der Waals surface area contributed by atoms with E-state index in [1.54, 1.807) is 6.07 Å². The molecule has 0 aliphatic rings. The SMILES string of the molecule is Clc1cccc(OCCSc2nnc(-c3cccc(Br)c3)o2)c1. The normalized spacial score (nSPS) is 10.7. The van der Waals surface area contributed by atoms with Crippen LogP contribution >= 0.6 is 39.3 Å². The highest BCUT2D eigenvalue weighted by Gasteiger charge is 2.09. The monoisotopic (exact) mass is 410 g/mol. The van der Waals surface area contributed by atoms with Gasteiger partial charge in [0.2, 0.25) is 5.89 Å². The van der Waals surface area contributed by atoms with Crippen LogP contribution in [-0.2, 0) is 0 Å². The highest BCUT2D eigenvalue weighted by molar-refractivity contribution is 9.10. The van der Waals surface area contributed by atoms with Crippen molar-refractivity contribution in [3.8, 4) is 17.2 Å². The quantitative estimate of drug-likeness (QED) is 0.405. The van der Waals surface area contributed by atoms with E-state index in [9.17, 15) is 0 Å². The fourth-order valence-corrected chi connectivity index (χ4v) is 3.01. The van der Waals surface area contributed by atoms with Gasteiger partial charge in [-0.1, -0.05) is 51.4 Å². The van der Waals surface area contributed by atoms with Crippen molar-refractivity contribution in [1.29, 1.82) is 0 Å². The van der Waals surface area contributed by atoms with Gasteiger partial charge in [0.15, 0.2) is 0 Å². The number of hydrogen-bond donors (Lipinski definition) is 0. The number of thioether (sulfide) groups is 1. The second kappa shape index (κ2) is 7.86. The van der Waals surface area contributed by atoms with Crippen LogP contribution in [0.5, 0.6) is 5.75 Å². The Balaban J connectivity index is 1.51. The molecule has 0 fully saturated rings. The molecule has 0 amide bonds. The predicted octanol–water partition coefficient (Wildman–Crippen LogP) is 5.32. The van der Waals surface area contributed by atoms with E-state index >= 15 is 0 Å². The summed E-state index contributed by atoms with van der Waals surface area (Å²) >= 11 is 10.8. The van der Waals surface area contributed by atoms with Gasteiger partial charge in [-0.15, -0.1) is 10.2 Å². The molecule has 0 atom stereocenters. The van der Waals surface area contributed by atoms with Crippen LogP contribution in [0.3, 0.4) is 0 Å². The van der Waals surface area contributed by atoms with Crippen LogP contribution < -0.4 is 4.74 Å². The van der Waals surface area contributed by atoms with Gasteiger partial charge in [0.05, 0.1) is 6.61 Å². The van der Waals surface area contributed by atoms with E-state index in [2.05, 4.69) is 26.1 Å². The molecule has 0 aliphatic carbocycles. The van der Waals surface area contributed by atoms with Crippen molar-refractivity contribution >= 4 is 39.3 Å². The third kappa shape index (κ3) is 4.73. The molecule has 0 aliphatic heterocycles. The molecule has 0 bridgehead atoms. The van der Waals surface area contributed by atoms with Crippen LogP contribution in [0.1, 0.15) is 0 Å². The molecule has 23 heavy (non-hydrogen) atoms. The summed E-state index contributed by atoms with van der Waals surface area (Å²) in [5.74, 6) is 1.95. The van der Waals surface area contributed by atoms with Crippen LogP contribution in [0.15, 0.2) is 62.6 Å². The molecule has 3 rings (SSSR count). The largest absolute Gasteiger partial charge is 0.493 e. The third-order valence-electron chi connectivity index (χ3n) is 2.85. The Morgan fingerprint density at radius 2 is 2.00 bits per heavy atom. The van der Waals surface area contributed by atoms with Crippen molar-refractivity contribution in [1.82, 2.24) is 10.2 Å². The van der Waals surface area contributed by atoms with E-state index in [-0.39, 0.29) is 0 Å². The maximum Gasteiger partial charge on any atom is 0.276 e. The third-order valence-corrected chi connectivity index (χ3v) is 4.36. The molecule has 0 unspecified atom stereocenters. The smallest absolute Gasteiger partial charge is 0.276 e. The Morgan fingerprint density at radius 3 is 2.83 bits per heavy atom. The zero-order valence-electron chi connectivity index (χ0n) is 11.9. The predicted molar refractivity (Wildman–Crippen MR) is 95.1 cm³/mol. The lowest BCUT2D eigenvalue weighted by molar-refractivity contribution is 0.343. The van der Waals surface area contributed by atoms with E-state index in [0.717, 1.165) is 15.8 Å². The van der Waals surface area contributed by atoms with Crippen molar-refractivity contribution in [3.63, 3.8) is 0 Å². The average molecular weight is 412 g/mol. The number of rotatable bonds is 6. The first-order chi connectivity index (χ1) is 11.2. The second-order valence-electron chi connectivity index (χ2n) is 4.54. The molecule has 1 heterocycles. The lowest BCUT2D eigenvalue weighted by atomic mass is 10.2. The topological polar surface area (TPSA) is 48.2 Å². The lowest BCUT2D eigenvalue weighted by Crippen LogP contribution is -1.99. The lowest BCUT2D eigenvalue weighted by Gasteiger charge is -2.04. The maximum absolute atomic E-state index is 5.90. The summed E-state index contributed by atoms with van der Waals surface area (Å²) in [6.07, 6.45) is 0. The number of hydrogen-bond acceptors (Lipinski definition) is 5. The fraction of sp³-hybridized carbons (Fsp3) is 0.125. The molecule has 0 N–H and O–H groups in total. The first-order valence-electron chi connectivity index (χ1n) is 6.81. The zero-order chi connectivity index (χ0) is 16.1. The van der Waals surface area contributed by atoms with E-state index < -0.39 is 0 Å². The van der Waals surface area contributed by atoms with E-state index in [1.807, 2.05) is 42.5 Å². The van der Waals surface area contributed by atoms with Gasteiger partial charge in [-0.3, -0.25) is 0 Å². The van der Waals surface area contributed by atoms with Crippen molar-refractivity contribution < 1.29 is 9.15 Å². The van der Waals surface area contributed by atoms with Gasteiger partial charge >= 0.3 is 0 Å². The van der Waals surface area contributed by atoms with E-state index in [1.165, 1.54) is 11.8 Å². The van der Waals surface area contributed by atoms with Crippen LogP contribution in [0.25, 0.3) is 11.5 Å². The molecule has 0 radical (unpaired) electrons. The number of nitrogens with zero attached hydrogens (tertiary/aromatic N) is 2. The Bertz CT molecular complexity index is 797. The minimum absolute atomic E-state index is 0.504. The average Bonchev–Trinajstić information content (AvgIpc) is 3.01. The summed E-state index contributed by atoms with van der Waals surface area (Å²) in [6, 6.07) is 15.0. The van der Waals surface area contributed by atoms with Crippen molar-refractivity contribution in [2.45, 2.75) is 5.22 Å². The summed E-state index contributed by atoms with van der Waals surface area (Å²) in [7, 11) is 0. The van der Waals surface area contributed by atoms with Gasteiger partial charge in [-0.25, -0.2) is 0 Å². The fourth-order valence-electron chi connectivity index (χ4n) is 1.85. The van der Waals surface area contributed by atoms with Crippen LogP contribution in [0.4, 0.5) is 0 Å². The molecular weight excluding hydrogens is 400 g/mol. The number of ether oxygens (including phenoxy) is 1. The maximum atomic E-state index is 5.90. The molecule has 7 heteroatoms. The first-order valence-corrected chi connectivity index (χ1v) is 8.97. The molecular formula is C16H12BrClN2O2S. The standard InChI is InChI=1S/C16H12BrClN2O2S/c17-12-4-1-3-11(9-12)15-19-20-16(22-15)23-8-7-21-14-6-2-5-13(18)10-14/h1-6,9-10H,7-8H2. The Morgan fingerprint density at radius 1 is 1.13 bits per heavy atom. The Labute approximate surface area is 151 Å². The van der Waals surface area contributed by atoms with Crippen molar-refractivity contribution in [2.75, 3.05) is 12.4 Å². The minimum atomic E-state index is 0.504. The summed E-state index contributed by atoms with van der Waals surface area (Å²) in [4.78, 5) is 0. The van der Waals surface area contributed by atoms with Crippen LogP contribution in [-0.4, -0.2) is 22.6 Å². The first kappa shape index (κ1) is 16.4. The molecule has 118 valence electrons. The summed E-state index contributed by atoms with van der Waals surface area (Å²) in [5.41, 5.74) is 0.883. The Kier molecular flexibility index (Phi) is 5.59. The number of halogens is 2. The van der Waals surface area contributed by atoms with Crippen LogP contribution in [0.2, 0.25) is 5.02 Å². The Hall–Kier alpha value is -1.50. The number of benzene rings is 2. The van der Waals surface area contributed by atoms with Gasteiger partial charge in [0.25, 0.3) is 5.22 Å². The molecule has 0 saturated heterocycles. The molecule has 0 spiro atoms. The molecule has 2 aromatic carbocycles. The van der Waals surface area contributed by atoms with Gasteiger partial charge in [-0.05, 0) is 36.4 Å². The molecule has 1 aromatic heterocycles. The van der Waals surface area contributed by atoms with E-state index in [4.69, 9.17) is 20.8 Å². The summed E-state index contributed by atoms with van der Waals surface area (Å²) in [6.45, 7) is 0.527. The molecule has 0 saturated carbocycles. The zero-order valence-corrected chi connectivity index (χ0v) is 15.1. The second-order valence-corrected chi connectivity index (χ2v) is 6.94. The highest BCUT2D eigenvalue weighted by atomic mass is 79.9. The summed E-state index contributed by atoms with van der Waals surface area (Å²) < 4.78 is 12.2. The van der Waals surface area contributed by atoms with Gasteiger partial charge in [0.1, 0.15) is 5.75 Å². The van der Waals surface area contributed by atoms with Crippen LogP contribution in [0, 0.1) is 0 Å². The highest BCUT2D eigenvalue weighted by Crippen LogP contribution is 2.25. The summed E-state index contributed by atoms with van der Waals surface area (Å²) in [5, 5.41) is 9.28. The van der Waals surface area contributed by atoms with E-state index in [0.29, 0.717) is 28.5 Å². The minimum Gasteiger partial charge on any atom is -0.493 e. The number of aromatic nitrogens is 2. The molecule has 4 nitrogen and oxygen atoms in total. The van der Waals surface area contributed by atoms with Gasteiger partial charge in [0, 0.05) is 20.8 Å². The van der Waals surface area contributed by atoms with Gasteiger partial charge < -0.3 is 9.15 Å². The molecule has 3 aromatic rings.